The molecule has 0 bridgehead atoms. The summed E-state index contributed by atoms with van der Waals surface area (Å²) in [7, 11) is 0. The Morgan fingerprint density at radius 3 is 2.18 bits per heavy atom. The van der Waals surface area contributed by atoms with E-state index in [4.69, 9.17) is 0 Å². The molecule has 1 aliphatic rings. The molecule has 0 unspecified atom stereocenters. The third-order valence-electron chi connectivity index (χ3n) is 3.34. The highest BCUT2D eigenvalue weighted by Crippen LogP contribution is 2.40. The third-order valence-corrected chi connectivity index (χ3v) is 3.34. The monoisotopic (exact) mass is 237 g/mol. The SMILES string of the molecule is O=C=NC1(c2cc(F)cc(F)c2)CCCCC1. The van der Waals surface area contributed by atoms with Crippen molar-refractivity contribution in [2.24, 2.45) is 4.99 Å². The number of hydrogen-bond acceptors (Lipinski definition) is 2. The maximum Gasteiger partial charge on any atom is 0.235 e. The van der Waals surface area contributed by atoms with Gasteiger partial charge in [0, 0.05) is 6.07 Å². The zero-order valence-corrected chi connectivity index (χ0v) is 9.38. The van der Waals surface area contributed by atoms with Gasteiger partial charge in [-0.15, -0.1) is 0 Å². The Morgan fingerprint density at radius 2 is 1.65 bits per heavy atom. The highest BCUT2D eigenvalue weighted by Gasteiger charge is 2.34. The first kappa shape index (κ1) is 11.9. The normalized spacial score (nSPS) is 18.5. The Bertz CT molecular complexity index is 440. The smallest absolute Gasteiger partial charge is 0.211 e. The van der Waals surface area contributed by atoms with Crippen LogP contribution in [0.2, 0.25) is 0 Å². The lowest BCUT2D eigenvalue weighted by molar-refractivity contribution is 0.302. The number of carbonyl (C=O) groups excluding carboxylic acids is 1. The minimum atomic E-state index is -0.775. The van der Waals surface area contributed by atoms with Crippen molar-refractivity contribution in [2.45, 2.75) is 37.6 Å². The fraction of sp³-hybridized carbons (Fsp3) is 0.462. The van der Waals surface area contributed by atoms with Crippen molar-refractivity contribution in [1.82, 2.24) is 0 Å². The van der Waals surface area contributed by atoms with E-state index in [9.17, 15) is 13.6 Å². The van der Waals surface area contributed by atoms with Gasteiger partial charge in [0.15, 0.2) is 0 Å². The van der Waals surface area contributed by atoms with E-state index in [1.165, 1.54) is 12.1 Å². The van der Waals surface area contributed by atoms with Gasteiger partial charge in [0.2, 0.25) is 6.08 Å². The van der Waals surface area contributed by atoms with Crippen molar-refractivity contribution in [3.05, 3.63) is 35.4 Å². The van der Waals surface area contributed by atoms with Crippen LogP contribution in [0.4, 0.5) is 8.78 Å². The molecule has 2 rings (SSSR count). The first-order chi connectivity index (χ1) is 8.16. The molecule has 17 heavy (non-hydrogen) atoms. The highest BCUT2D eigenvalue weighted by molar-refractivity contribution is 5.38. The average molecular weight is 237 g/mol. The summed E-state index contributed by atoms with van der Waals surface area (Å²) in [6, 6.07) is 3.34. The molecule has 1 fully saturated rings. The summed E-state index contributed by atoms with van der Waals surface area (Å²) in [5.74, 6) is -1.27. The predicted octanol–water partition coefficient (Wildman–Crippen LogP) is 3.46. The van der Waals surface area contributed by atoms with Gasteiger partial charge in [-0.3, -0.25) is 0 Å². The Balaban J connectivity index is 2.47. The molecule has 0 saturated heterocycles. The Morgan fingerprint density at radius 1 is 1.06 bits per heavy atom. The lowest BCUT2D eigenvalue weighted by atomic mass is 9.77. The molecule has 0 aliphatic heterocycles. The maximum atomic E-state index is 13.2. The molecule has 0 spiro atoms. The van der Waals surface area contributed by atoms with E-state index in [2.05, 4.69) is 4.99 Å². The van der Waals surface area contributed by atoms with Crippen molar-refractivity contribution < 1.29 is 13.6 Å². The second kappa shape index (κ2) is 4.76. The third kappa shape index (κ3) is 2.42. The molecular weight excluding hydrogens is 224 g/mol. The fourth-order valence-corrected chi connectivity index (χ4v) is 2.51. The number of benzene rings is 1. The molecule has 4 heteroatoms. The van der Waals surface area contributed by atoms with Crippen molar-refractivity contribution in [1.29, 1.82) is 0 Å². The van der Waals surface area contributed by atoms with Crippen LogP contribution in [0.1, 0.15) is 37.7 Å². The maximum absolute atomic E-state index is 13.2. The van der Waals surface area contributed by atoms with Gasteiger partial charge in [0.25, 0.3) is 0 Å². The topological polar surface area (TPSA) is 29.4 Å². The van der Waals surface area contributed by atoms with Gasteiger partial charge in [-0.1, -0.05) is 19.3 Å². The summed E-state index contributed by atoms with van der Waals surface area (Å²) in [6.45, 7) is 0. The molecule has 0 N–H and O–H groups in total. The first-order valence-corrected chi connectivity index (χ1v) is 5.72. The first-order valence-electron chi connectivity index (χ1n) is 5.72. The van der Waals surface area contributed by atoms with E-state index in [1.54, 1.807) is 6.08 Å². The summed E-state index contributed by atoms with van der Waals surface area (Å²) >= 11 is 0. The van der Waals surface area contributed by atoms with E-state index in [0.29, 0.717) is 18.4 Å². The lowest BCUT2D eigenvalue weighted by Crippen LogP contribution is -2.27. The van der Waals surface area contributed by atoms with Crippen LogP contribution < -0.4 is 0 Å². The van der Waals surface area contributed by atoms with Crippen LogP contribution in [0.25, 0.3) is 0 Å². The lowest BCUT2D eigenvalue weighted by Gasteiger charge is -2.32. The van der Waals surface area contributed by atoms with E-state index in [0.717, 1.165) is 25.3 Å². The van der Waals surface area contributed by atoms with Gasteiger partial charge in [-0.2, -0.15) is 4.99 Å². The van der Waals surface area contributed by atoms with E-state index < -0.39 is 17.2 Å². The molecule has 0 amide bonds. The van der Waals surface area contributed by atoms with E-state index in [1.807, 2.05) is 0 Å². The van der Waals surface area contributed by atoms with Crippen LogP contribution in [0, 0.1) is 11.6 Å². The van der Waals surface area contributed by atoms with Crippen LogP contribution in [0.15, 0.2) is 23.2 Å². The van der Waals surface area contributed by atoms with Crippen LogP contribution in [0.3, 0.4) is 0 Å². The second-order valence-electron chi connectivity index (χ2n) is 4.45. The quantitative estimate of drug-likeness (QED) is 0.572. The van der Waals surface area contributed by atoms with Crippen LogP contribution in [-0.4, -0.2) is 6.08 Å². The molecule has 0 aromatic heterocycles. The number of nitrogens with zero attached hydrogens (tertiary/aromatic N) is 1. The van der Waals surface area contributed by atoms with Gasteiger partial charge in [0.1, 0.15) is 11.6 Å². The minimum absolute atomic E-state index is 0.443. The summed E-state index contributed by atoms with van der Waals surface area (Å²) in [6.07, 6.45) is 5.71. The molecule has 1 aromatic rings. The molecule has 2 nitrogen and oxygen atoms in total. The fourth-order valence-electron chi connectivity index (χ4n) is 2.51. The summed E-state index contributed by atoms with van der Waals surface area (Å²) in [4.78, 5) is 14.4. The van der Waals surface area contributed by atoms with Crippen molar-refractivity contribution in [3.8, 4) is 0 Å². The van der Waals surface area contributed by atoms with Crippen molar-refractivity contribution in [2.75, 3.05) is 0 Å². The van der Waals surface area contributed by atoms with Gasteiger partial charge < -0.3 is 0 Å². The summed E-state index contributed by atoms with van der Waals surface area (Å²) in [5.41, 5.74) is -0.332. The van der Waals surface area contributed by atoms with Crippen LogP contribution in [0.5, 0.6) is 0 Å². The van der Waals surface area contributed by atoms with Gasteiger partial charge in [-0.05, 0) is 30.5 Å². The zero-order chi connectivity index (χ0) is 12.3. The largest absolute Gasteiger partial charge is 0.235 e. The standard InChI is InChI=1S/C13H13F2NO/c14-11-6-10(7-12(15)8-11)13(16-9-17)4-2-1-3-5-13/h6-8H,1-5H2. The van der Waals surface area contributed by atoms with Gasteiger partial charge in [0.05, 0.1) is 5.54 Å². The molecule has 90 valence electrons. The Kier molecular flexibility index (Phi) is 3.34. The van der Waals surface area contributed by atoms with Crippen LogP contribution in [-0.2, 0) is 10.3 Å². The van der Waals surface area contributed by atoms with E-state index in [-0.39, 0.29) is 0 Å². The number of halogens is 2. The predicted molar refractivity (Wildman–Crippen MR) is 59.2 cm³/mol. The Labute approximate surface area is 98.4 Å². The Hall–Kier alpha value is -1.54. The van der Waals surface area contributed by atoms with Crippen molar-refractivity contribution in [3.63, 3.8) is 0 Å². The molecule has 0 atom stereocenters. The number of rotatable bonds is 2. The molecule has 1 aliphatic carbocycles. The zero-order valence-electron chi connectivity index (χ0n) is 9.38. The van der Waals surface area contributed by atoms with Crippen LogP contribution >= 0.6 is 0 Å². The highest BCUT2D eigenvalue weighted by atomic mass is 19.1. The molecular formula is C13H13F2NO. The summed E-state index contributed by atoms with van der Waals surface area (Å²) in [5, 5.41) is 0. The second-order valence-corrected chi connectivity index (χ2v) is 4.45. The molecule has 0 heterocycles. The number of hydrogen-bond donors (Lipinski definition) is 0. The van der Waals surface area contributed by atoms with E-state index >= 15 is 0 Å². The summed E-state index contributed by atoms with van der Waals surface area (Å²) < 4.78 is 26.4. The molecule has 1 saturated carbocycles. The van der Waals surface area contributed by atoms with Gasteiger partial charge >= 0.3 is 0 Å². The van der Waals surface area contributed by atoms with Crippen molar-refractivity contribution >= 4 is 6.08 Å². The number of aliphatic imine (C=N–C) groups is 1. The molecule has 1 aromatic carbocycles. The molecule has 0 radical (unpaired) electrons. The average Bonchev–Trinajstić information content (AvgIpc) is 2.29. The van der Waals surface area contributed by atoms with Gasteiger partial charge in [-0.25, -0.2) is 13.6 Å². The number of isocyanates is 1. The minimum Gasteiger partial charge on any atom is -0.211 e.